The molecule has 2 aromatic carbocycles. The Morgan fingerprint density at radius 3 is 1.70 bits per heavy atom. The molecule has 0 spiro atoms. The van der Waals surface area contributed by atoms with Crippen LogP contribution in [0.1, 0.15) is 22.5 Å². The van der Waals surface area contributed by atoms with E-state index in [0.717, 1.165) is 16.8 Å². The summed E-state index contributed by atoms with van der Waals surface area (Å²) in [6, 6.07) is 23.1. The minimum Gasteiger partial charge on any atom is -1.00 e. The molecule has 0 fully saturated rings. The molecule has 1 atom stereocenters. The van der Waals surface area contributed by atoms with E-state index in [4.69, 9.17) is 0 Å². The Morgan fingerprint density at radius 2 is 1.21 bits per heavy atom. The molecule has 0 aliphatic heterocycles. The third-order valence-corrected chi connectivity index (χ3v) is 6.42. The van der Waals surface area contributed by atoms with E-state index in [1.165, 1.54) is 11.1 Å². The fraction of sp³-hybridized carbons (Fsp3) is 0.120. The second-order valence-electron chi connectivity index (χ2n) is 7.75. The van der Waals surface area contributed by atoms with Gasteiger partial charge in [0.2, 0.25) is 5.69 Å². The van der Waals surface area contributed by atoms with Crippen LogP contribution in [0.3, 0.4) is 0 Å². The first kappa shape index (κ1) is 26.7. The first-order valence-corrected chi connectivity index (χ1v) is 11.7. The minimum absolute atomic E-state index is 0. The van der Waals surface area contributed by atoms with Gasteiger partial charge in [0.1, 0.15) is 0 Å². The molecule has 8 heteroatoms. The van der Waals surface area contributed by atoms with Crippen molar-refractivity contribution >= 4 is 7.60 Å². The average Bonchev–Trinajstić information content (AvgIpc) is 2.74. The zero-order chi connectivity index (χ0) is 22.0. The third kappa shape index (κ3) is 6.29. The van der Waals surface area contributed by atoms with Crippen molar-refractivity contribution in [2.75, 3.05) is 0 Å². The van der Waals surface area contributed by atoms with Gasteiger partial charge in [-0.3, -0.25) is 4.57 Å². The average molecular weight is 503 g/mol. The molecule has 0 aliphatic carbocycles. The quantitative estimate of drug-likeness (QED) is 0.252. The molecule has 4 aromatic rings. The van der Waals surface area contributed by atoms with Crippen molar-refractivity contribution in [3.63, 3.8) is 0 Å². The van der Waals surface area contributed by atoms with Crippen LogP contribution in [0.15, 0.2) is 97.6 Å². The maximum Gasteiger partial charge on any atom is 0.398 e. The van der Waals surface area contributed by atoms with Gasteiger partial charge in [-0.05, 0) is 36.1 Å². The molecular weight excluding hydrogens is 478 g/mol. The van der Waals surface area contributed by atoms with Crippen LogP contribution in [0.2, 0.25) is 0 Å². The Hall–Kier alpha value is -2.53. The molecule has 33 heavy (non-hydrogen) atoms. The van der Waals surface area contributed by atoms with Gasteiger partial charge in [0.25, 0.3) is 5.78 Å². The van der Waals surface area contributed by atoms with Gasteiger partial charge in [0.15, 0.2) is 24.8 Å². The standard InChI is InChI=1S/C25H23N2O3P.2ClH/c1-19-16-20(2)18-24(17-19)26-12-8-21(9-13-26)22-10-14-27(15-11-22)25(31(28,29)30)23-6-4-3-5-7-23;;/h3-18,25H,1-2H3;2*1H. The number of aryl methyl sites for hydroxylation is 2. The van der Waals surface area contributed by atoms with Gasteiger partial charge >= 0.3 is 7.60 Å². The lowest BCUT2D eigenvalue weighted by molar-refractivity contribution is -0.695. The molecule has 0 saturated heterocycles. The predicted molar refractivity (Wildman–Crippen MR) is 120 cm³/mol. The van der Waals surface area contributed by atoms with E-state index < -0.39 is 13.4 Å². The van der Waals surface area contributed by atoms with Crippen molar-refractivity contribution in [1.29, 1.82) is 0 Å². The Bertz CT molecular complexity index is 1220. The highest BCUT2D eigenvalue weighted by molar-refractivity contribution is 7.51. The van der Waals surface area contributed by atoms with E-state index >= 15 is 0 Å². The predicted octanol–water partition coefficient (Wildman–Crippen LogP) is -1.73. The summed E-state index contributed by atoms with van der Waals surface area (Å²) < 4.78 is 15.8. The monoisotopic (exact) mass is 502 g/mol. The molecule has 5 nitrogen and oxygen atoms in total. The molecule has 0 saturated carbocycles. The summed E-state index contributed by atoms with van der Waals surface area (Å²) in [4.78, 5) is 19.9. The molecule has 0 aliphatic rings. The molecule has 172 valence electrons. The number of pyridine rings is 2. The topological polar surface area (TPSA) is 65.3 Å². The summed E-state index contributed by atoms with van der Waals surface area (Å²) in [7, 11) is -4.40. The summed E-state index contributed by atoms with van der Waals surface area (Å²) in [5.41, 5.74) is 6.13. The molecular formula is C25H25Cl2N2O3P. The molecule has 2 heterocycles. The van der Waals surface area contributed by atoms with Crippen molar-refractivity contribution < 1.29 is 48.3 Å². The first-order valence-electron chi connectivity index (χ1n) is 10.0. The fourth-order valence-corrected chi connectivity index (χ4v) is 4.91. The first-order chi connectivity index (χ1) is 14.8. The Morgan fingerprint density at radius 1 is 0.727 bits per heavy atom. The summed E-state index contributed by atoms with van der Waals surface area (Å²) in [5.74, 6) is -1.05. The van der Waals surface area contributed by atoms with E-state index in [2.05, 4.69) is 36.6 Å². The Balaban J connectivity index is 0.00000193. The molecule has 0 bridgehead atoms. The van der Waals surface area contributed by atoms with E-state index in [0.29, 0.717) is 5.56 Å². The van der Waals surface area contributed by atoms with Crippen LogP contribution in [0.5, 0.6) is 0 Å². The van der Waals surface area contributed by atoms with Crippen LogP contribution >= 0.6 is 7.60 Å². The summed E-state index contributed by atoms with van der Waals surface area (Å²) in [6.07, 6.45) is 7.48. The smallest absolute Gasteiger partial charge is 0.398 e. The van der Waals surface area contributed by atoms with E-state index in [1.54, 1.807) is 41.2 Å². The van der Waals surface area contributed by atoms with Crippen LogP contribution < -0.4 is 33.9 Å². The van der Waals surface area contributed by atoms with Crippen LogP contribution in [-0.4, -0.2) is 9.79 Å². The highest BCUT2D eigenvalue weighted by Gasteiger charge is 2.38. The summed E-state index contributed by atoms with van der Waals surface area (Å²) in [5, 5.41) is 0. The van der Waals surface area contributed by atoms with E-state index in [-0.39, 0.29) is 24.8 Å². The van der Waals surface area contributed by atoms with Gasteiger partial charge < -0.3 is 34.6 Å². The van der Waals surface area contributed by atoms with E-state index in [9.17, 15) is 14.4 Å². The van der Waals surface area contributed by atoms with Gasteiger partial charge in [-0.15, -0.1) is 0 Å². The number of aromatic nitrogens is 2. The summed E-state index contributed by atoms with van der Waals surface area (Å²) in [6.45, 7) is 4.18. The lowest BCUT2D eigenvalue weighted by atomic mass is 10.1. The molecule has 0 amide bonds. The third-order valence-electron chi connectivity index (χ3n) is 5.22. The van der Waals surface area contributed by atoms with Crippen LogP contribution in [0, 0.1) is 13.8 Å². The van der Waals surface area contributed by atoms with Gasteiger partial charge in [-0.2, -0.15) is 9.13 Å². The van der Waals surface area contributed by atoms with Crippen molar-refractivity contribution in [3.05, 3.63) is 114 Å². The number of nitrogens with zero attached hydrogens (tertiary/aromatic N) is 2. The normalized spacial score (nSPS) is 11.8. The van der Waals surface area contributed by atoms with Crippen LogP contribution in [0.25, 0.3) is 16.8 Å². The van der Waals surface area contributed by atoms with Gasteiger partial charge in [0.05, 0.1) is 0 Å². The lowest BCUT2D eigenvalue weighted by Crippen LogP contribution is -3.00. The van der Waals surface area contributed by atoms with Gasteiger partial charge in [-0.25, -0.2) is 0 Å². The fourth-order valence-electron chi connectivity index (χ4n) is 3.85. The Labute approximate surface area is 206 Å². The highest BCUT2D eigenvalue weighted by atomic mass is 35.5. The second-order valence-corrected chi connectivity index (χ2v) is 9.41. The van der Waals surface area contributed by atoms with E-state index in [1.807, 2.05) is 42.7 Å². The van der Waals surface area contributed by atoms with Gasteiger partial charge in [0, 0.05) is 42.0 Å². The molecule has 0 radical (unpaired) electrons. The number of hydrogen-bond acceptors (Lipinski definition) is 1. The second kappa shape index (κ2) is 11.1. The largest absolute Gasteiger partial charge is 1.00 e. The van der Waals surface area contributed by atoms with Gasteiger partial charge in [-0.1, -0.05) is 36.4 Å². The maximum absolute atomic E-state index is 12.2. The lowest BCUT2D eigenvalue weighted by Gasteiger charge is -2.14. The number of halogens is 2. The van der Waals surface area contributed by atoms with Crippen LogP contribution in [0.4, 0.5) is 0 Å². The highest BCUT2D eigenvalue weighted by Crippen LogP contribution is 2.49. The van der Waals surface area contributed by atoms with Crippen molar-refractivity contribution in [3.8, 4) is 16.8 Å². The van der Waals surface area contributed by atoms with Crippen molar-refractivity contribution in [2.24, 2.45) is 0 Å². The summed E-state index contributed by atoms with van der Waals surface area (Å²) >= 11 is 0. The minimum atomic E-state index is -4.40. The van der Waals surface area contributed by atoms with Crippen LogP contribution in [-0.2, 0) is 4.57 Å². The molecule has 1 unspecified atom stereocenters. The molecule has 2 aromatic heterocycles. The zero-order valence-corrected chi connectivity index (χ0v) is 20.6. The molecule has 4 rings (SSSR count). The van der Waals surface area contributed by atoms with Crippen molar-refractivity contribution in [1.82, 2.24) is 0 Å². The van der Waals surface area contributed by atoms with Crippen molar-refractivity contribution in [2.45, 2.75) is 19.6 Å². The molecule has 2 N–H and O–H groups in total. The zero-order valence-electron chi connectivity index (χ0n) is 18.2. The Kier molecular flexibility index (Phi) is 8.96. The number of rotatable bonds is 5. The SMILES string of the molecule is Cc1cc(C)cc(-[n+]2ccc(-c3cc[n+](C(c4ccccc4)P(=O)(O)O)cc3)cc2)c1.[Cl-].[Cl-]. The number of hydrogen-bond donors (Lipinski definition) is 2. The number of benzene rings is 2. The maximum atomic E-state index is 12.2.